The Morgan fingerprint density at radius 1 is 1.11 bits per heavy atom. The molecule has 0 bridgehead atoms. The molecule has 0 radical (unpaired) electrons. The highest BCUT2D eigenvalue weighted by atomic mass is 35.5. The lowest BCUT2D eigenvalue weighted by Crippen LogP contribution is -2.05. The van der Waals surface area contributed by atoms with E-state index in [1.807, 2.05) is 18.2 Å². The number of aromatic amines is 1. The number of unbranched alkanes of at least 4 members (excludes halogenated alkanes) is 1. The summed E-state index contributed by atoms with van der Waals surface area (Å²) in [6.45, 7) is 4.78. The fraction of sp³-hybridized carbons (Fsp3) is 0.364. The number of para-hydroxylation sites is 1. The van der Waals surface area contributed by atoms with Crippen molar-refractivity contribution in [2.45, 2.75) is 45.2 Å². The molecule has 0 unspecified atom stereocenters. The number of rotatable bonds is 6. The van der Waals surface area contributed by atoms with E-state index in [9.17, 15) is 13.2 Å². The first-order valence-corrected chi connectivity index (χ1v) is 9.82. The van der Waals surface area contributed by atoms with E-state index in [4.69, 9.17) is 17.3 Å². The van der Waals surface area contributed by atoms with Crippen LogP contribution in [0.5, 0.6) is 0 Å². The van der Waals surface area contributed by atoms with E-state index in [0.29, 0.717) is 22.8 Å². The van der Waals surface area contributed by atoms with Gasteiger partial charge in [0.1, 0.15) is 0 Å². The second kappa shape index (κ2) is 8.18. The van der Waals surface area contributed by atoms with E-state index >= 15 is 0 Å². The zero-order valence-electron chi connectivity index (χ0n) is 16.0. The van der Waals surface area contributed by atoms with Gasteiger partial charge < -0.3 is 10.7 Å². The SMILES string of the molecule is CC(C)c1cccc2c(CCCCN)c(-c3cc(C(F)(F)F)ccc3Cl)[nH]c12. The number of fused-ring (bicyclic) bond motifs is 1. The number of H-pyrrole nitrogens is 1. The van der Waals surface area contributed by atoms with Crippen LogP contribution in [0.25, 0.3) is 22.2 Å². The summed E-state index contributed by atoms with van der Waals surface area (Å²) in [4.78, 5) is 3.39. The Kier molecular flexibility index (Phi) is 6.06. The van der Waals surface area contributed by atoms with E-state index in [0.717, 1.165) is 53.4 Å². The summed E-state index contributed by atoms with van der Waals surface area (Å²) < 4.78 is 39.8. The van der Waals surface area contributed by atoms with Crippen molar-refractivity contribution in [3.8, 4) is 11.3 Å². The monoisotopic (exact) mass is 408 g/mol. The summed E-state index contributed by atoms with van der Waals surface area (Å²) in [7, 11) is 0. The molecule has 0 saturated carbocycles. The normalized spacial score (nSPS) is 12.3. The highest BCUT2D eigenvalue weighted by Crippen LogP contribution is 2.40. The first kappa shape index (κ1) is 20.7. The molecule has 3 aromatic rings. The van der Waals surface area contributed by atoms with Gasteiger partial charge in [0.2, 0.25) is 0 Å². The van der Waals surface area contributed by atoms with Crippen LogP contribution >= 0.6 is 11.6 Å². The van der Waals surface area contributed by atoms with Gasteiger partial charge in [0, 0.05) is 21.5 Å². The number of halogens is 4. The van der Waals surface area contributed by atoms with Crippen LogP contribution < -0.4 is 5.73 Å². The third-order valence-electron chi connectivity index (χ3n) is 5.04. The molecule has 0 aliphatic carbocycles. The third-order valence-corrected chi connectivity index (χ3v) is 5.37. The first-order chi connectivity index (χ1) is 13.2. The van der Waals surface area contributed by atoms with Crippen molar-refractivity contribution in [3.63, 3.8) is 0 Å². The number of nitrogens with two attached hydrogens (primary N) is 1. The van der Waals surface area contributed by atoms with E-state index < -0.39 is 11.7 Å². The minimum Gasteiger partial charge on any atom is -0.354 e. The van der Waals surface area contributed by atoms with Gasteiger partial charge in [0.25, 0.3) is 0 Å². The fourth-order valence-electron chi connectivity index (χ4n) is 3.61. The number of aromatic nitrogens is 1. The Morgan fingerprint density at radius 2 is 1.86 bits per heavy atom. The molecule has 3 N–H and O–H groups in total. The standard InChI is InChI=1S/C22H24ClF3N2/c1-13(2)15-7-5-8-17-16(6-3-4-11-27)21(28-20(15)17)18-12-14(22(24,25)26)9-10-19(18)23/h5,7-10,12-13,28H,3-4,6,11,27H2,1-2H3. The Morgan fingerprint density at radius 3 is 2.50 bits per heavy atom. The molecule has 0 saturated heterocycles. The Labute approximate surface area is 167 Å². The number of aryl methyl sites for hydroxylation is 1. The van der Waals surface area contributed by atoms with Crippen molar-refractivity contribution in [2.75, 3.05) is 6.54 Å². The minimum atomic E-state index is -4.42. The second-order valence-corrected chi connectivity index (χ2v) is 7.75. The van der Waals surface area contributed by atoms with Crippen LogP contribution in [0.1, 0.15) is 49.3 Å². The van der Waals surface area contributed by atoms with Crippen LogP contribution in [0, 0.1) is 0 Å². The second-order valence-electron chi connectivity index (χ2n) is 7.34. The van der Waals surface area contributed by atoms with Crippen LogP contribution in [0.3, 0.4) is 0 Å². The zero-order valence-corrected chi connectivity index (χ0v) is 16.7. The number of hydrogen-bond donors (Lipinski definition) is 2. The van der Waals surface area contributed by atoms with Gasteiger partial charge in [-0.2, -0.15) is 13.2 Å². The molecule has 1 aromatic heterocycles. The lowest BCUT2D eigenvalue weighted by Gasteiger charge is -2.11. The average Bonchev–Trinajstić information content (AvgIpc) is 2.99. The van der Waals surface area contributed by atoms with Gasteiger partial charge in [-0.05, 0) is 61.1 Å². The summed E-state index contributed by atoms with van der Waals surface area (Å²) >= 11 is 6.34. The number of benzene rings is 2. The van der Waals surface area contributed by atoms with Crippen LogP contribution in [-0.4, -0.2) is 11.5 Å². The molecule has 1 heterocycles. The van der Waals surface area contributed by atoms with Gasteiger partial charge >= 0.3 is 6.18 Å². The molecule has 0 fully saturated rings. The molecule has 0 amide bonds. The Bertz CT molecular complexity index is 974. The first-order valence-electron chi connectivity index (χ1n) is 9.44. The summed E-state index contributed by atoms with van der Waals surface area (Å²) in [5.74, 6) is 0.282. The quantitative estimate of drug-likeness (QED) is 0.427. The maximum absolute atomic E-state index is 13.3. The largest absolute Gasteiger partial charge is 0.416 e. The molecule has 150 valence electrons. The smallest absolute Gasteiger partial charge is 0.354 e. The minimum absolute atomic E-state index is 0.282. The van der Waals surface area contributed by atoms with Crippen molar-refractivity contribution in [2.24, 2.45) is 5.73 Å². The van der Waals surface area contributed by atoms with Crippen LogP contribution in [0.4, 0.5) is 13.2 Å². The van der Waals surface area contributed by atoms with E-state index in [2.05, 4.69) is 18.8 Å². The maximum atomic E-state index is 13.3. The molecule has 2 nitrogen and oxygen atoms in total. The summed E-state index contributed by atoms with van der Waals surface area (Å²) in [5.41, 5.74) is 9.05. The number of hydrogen-bond acceptors (Lipinski definition) is 1. The predicted octanol–water partition coefficient (Wildman–Crippen LogP) is 6.91. The molecule has 0 aliphatic rings. The number of alkyl halides is 3. The predicted molar refractivity (Wildman–Crippen MR) is 110 cm³/mol. The van der Waals surface area contributed by atoms with Crippen LogP contribution in [0.2, 0.25) is 5.02 Å². The average molecular weight is 409 g/mol. The lowest BCUT2D eigenvalue weighted by atomic mass is 9.96. The molecule has 6 heteroatoms. The van der Waals surface area contributed by atoms with Crippen molar-refractivity contribution in [1.82, 2.24) is 4.98 Å². The Balaban J connectivity index is 2.25. The van der Waals surface area contributed by atoms with E-state index in [1.165, 1.54) is 6.07 Å². The summed E-state index contributed by atoms with van der Waals surface area (Å²) in [5, 5.41) is 1.33. The summed E-state index contributed by atoms with van der Waals surface area (Å²) in [6, 6.07) is 9.52. The van der Waals surface area contributed by atoms with Gasteiger partial charge in [-0.25, -0.2) is 0 Å². The van der Waals surface area contributed by atoms with Crippen molar-refractivity contribution in [3.05, 3.63) is 58.1 Å². The molecule has 2 aromatic carbocycles. The van der Waals surface area contributed by atoms with Crippen LogP contribution in [0.15, 0.2) is 36.4 Å². The van der Waals surface area contributed by atoms with Gasteiger partial charge in [-0.1, -0.05) is 43.6 Å². The van der Waals surface area contributed by atoms with Crippen molar-refractivity contribution >= 4 is 22.5 Å². The molecule has 0 aliphatic heterocycles. The fourth-order valence-corrected chi connectivity index (χ4v) is 3.82. The molecular weight excluding hydrogens is 385 g/mol. The highest BCUT2D eigenvalue weighted by molar-refractivity contribution is 6.33. The highest BCUT2D eigenvalue weighted by Gasteiger charge is 2.31. The van der Waals surface area contributed by atoms with Crippen molar-refractivity contribution in [1.29, 1.82) is 0 Å². The molecule has 28 heavy (non-hydrogen) atoms. The van der Waals surface area contributed by atoms with Gasteiger partial charge in [-0.3, -0.25) is 0 Å². The van der Waals surface area contributed by atoms with E-state index in [-0.39, 0.29) is 5.92 Å². The third kappa shape index (κ3) is 4.06. The molecular formula is C22H24ClF3N2. The van der Waals surface area contributed by atoms with Gasteiger partial charge in [0.15, 0.2) is 0 Å². The molecule has 3 rings (SSSR count). The number of nitrogens with one attached hydrogen (secondary N) is 1. The summed E-state index contributed by atoms with van der Waals surface area (Å²) in [6.07, 6.45) is -1.99. The van der Waals surface area contributed by atoms with Crippen molar-refractivity contribution < 1.29 is 13.2 Å². The molecule has 0 spiro atoms. The lowest BCUT2D eigenvalue weighted by molar-refractivity contribution is -0.137. The zero-order chi connectivity index (χ0) is 20.5. The topological polar surface area (TPSA) is 41.8 Å². The van der Waals surface area contributed by atoms with Gasteiger partial charge in [0.05, 0.1) is 11.3 Å². The van der Waals surface area contributed by atoms with E-state index in [1.54, 1.807) is 0 Å². The van der Waals surface area contributed by atoms with Crippen LogP contribution in [-0.2, 0) is 12.6 Å². The Hall–Kier alpha value is -1.98. The molecule has 0 atom stereocenters. The maximum Gasteiger partial charge on any atom is 0.416 e. The van der Waals surface area contributed by atoms with Gasteiger partial charge in [-0.15, -0.1) is 0 Å².